The van der Waals surface area contributed by atoms with Crippen LogP contribution in [0, 0.1) is 17.7 Å². The van der Waals surface area contributed by atoms with Gasteiger partial charge in [-0.1, -0.05) is 18.1 Å². The van der Waals surface area contributed by atoms with Crippen molar-refractivity contribution in [3.63, 3.8) is 0 Å². The number of hydrogen-bond donors (Lipinski definition) is 2. The molecule has 0 saturated carbocycles. The van der Waals surface area contributed by atoms with E-state index in [-0.39, 0.29) is 23.5 Å². The quantitative estimate of drug-likeness (QED) is 0.427. The van der Waals surface area contributed by atoms with Crippen LogP contribution in [0.5, 0.6) is 0 Å². The summed E-state index contributed by atoms with van der Waals surface area (Å²) < 4.78 is 16.9. The number of aromatic nitrogens is 3. The highest BCUT2D eigenvalue weighted by molar-refractivity contribution is 6.04. The second-order valence-electron chi connectivity index (χ2n) is 8.40. The molecule has 1 atom stereocenters. The van der Waals surface area contributed by atoms with Crippen LogP contribution in [0.4, 0.5) is 16.2 Å². The van der Waals surface area contributed by atoms with E-state index in [1.807, 2.05) is 12.1 Å². The number of carbonyl (C=O) groups excluding carboxylic acids is 2. The fourth-order valence-electron chi connectivity index (χ4n) is 4.67. The molecule has 1 unspecified atom stereocenters. The zero-order valence-electron chi connectivity index (χ0n) is 19.5. The molecular formula is C27H23FN6O2. The number of nitrogen functional groups attached to an aromatic ring is 1. The predicted molar refractivity (Wildman–Crippen MR) is 134 cm³/mol. The Bertz CT molecular complexity index is 1540. The summed E-state index contributed by atoms with van der Waals surface area (Å²) >= 11 is 0. The van der Waals surface area contributed by atoms with Gasteiger partial charge in [-0.05, 0) is 62.1 Å². The van der Waals surface area contributed by atoms with E-state index in [1.54, 1.807) is 46.7 Å². The number of hydrogen-bond acceptors (Lipinski definition) is 5. The predicted octanol–water partition coefficient (Wildman–Crippen LogP) is 4.06. The molecule has 8 nitrogen and oxygen atoms in total. The summed E-state index contributed by atoms with van der Waals surface area (Å²) in [5.41, 5.74) is 8.93. The lowest BCUT2D eigenvalue weighted by molar-refractivity contribution is -0.125. The number of nitrogens with two attached hydrogens (primary N) is 1. The van der Waals surface area contributed by atoms with Crippen LogP contribution in [0.25, 0.3) is 16.8 Å². The minimum Gasteiger partial charge on any atom is -0.369 e. The lowest BCUT2D eigenvalue weighted by Crippen LogP contribution is -2.29. The third kappa shape index (κ3) is 4.14. The number of fused-ring (bicyclic) bond motifs is 1. The maximum Gasteiger partial charge on any atom is 0.298 e. The highest BCUT2D eigenvalue weighted by Gasteiger charge is 2.32. The first-order chi connectivity index (χ1) is 17.5. The Hall–Kier alpha value is -4.71. The van der Waals surface area contributed by atoms with E-state index in [9.17, 15) is 9.59 Å². The Morgan fingerprint density at radius 1 is 1.14 bits per heavy atom. The molecule has 4 aromatic rings. The van der Waals surface area contributed by atoms with E-state index in [2.05, 4.69) is 27.1 Å². The molecule has 0 radical (unpaired) electrons. The minimum absolute atomic E-state index is 0.109. The number of carbonyl (C=O) groups is 2. The average molecular weight is 483 g/mol. The molecule has 0 bridgehead atoms. The van der Waals surface area contributed by atoms with Crippen LogP contribution in [0.15, 0.2) is 60.9 Å². The first kappa shape index (κ1) is 23.1. The molecule has 1 aliphatic heterocycles. The zero-order valence-corrected chi connectivity index (χ0v) is 19.5. The highest BCUT2D eigenvalue weighted by Crippen LogP contribution is 2.39. The van der Waals surface area contributed by atoms with Crippen molar-refractivity contribution < 1.29 is 14.0 Å². The van der Waals surface area contributed by atoms with Crippen molar-refractivity contribution in [2.45, 2.75) is 25.8 Å². The first-order valence-corrected chi connectivity index (χ1v) is 11.5. The first-order valence-electron chi connectivity index (χ1n) is 11.5. The third-order valence-corrected chi connectivity index (χ3v) is 6.26. The monoisotopic (exact) mass is 482 g/mol. The van der Waals surface area contributed by atoms with Gasteiger partial charge in [0.15, 0.2) is 0 Å². The van der Waals surface area contributed by atoms with E-state index < -0.39 is 11.7 Å². The molecule has 1 aliphatic rings. The standard InChI is InChI=1S/C27H23FN6O2/c1-2-6-25(35)33-14-5-7-21(33)19-16-23(34-22(19)11-13-31-27(34)29)17-9-10-18(20(28)15-17)26(36)32-24-8-3-4-12-30-24/h3-4,8-13,15-16,21H,5,7,14H2,1H3,(H2,29,31)(H,30,32,36). The Balaban J connectivity index is 1.54. The van der Waals surface area contributed by atoms with Crippen molar-refractivity contribution in [3.05, 3.63) is 77.9 Å². The number of halogens is 1. The fraction of sp³-hybridized carbons (Fsp3) is 0.185. The number of benzene rings is 1. The van der Waals surface area contributed by atoms with E-state index in [1.165, 1.54) is 18.3 Å². The second-order valence-corrected chi connectivity index (χ2v) is 8.40. The average Bonchev–Trinajstić information content (AvgIpc) is 3.50. The van der Waals surface area contributed by atoms with Gasteiger partial charge in [0.1, 0.15) is 11.6 Å². The van der Waals surface area contributed by atoms with Crippen molar-refractivity contribution in [3.8, 4) is 23.1 Å². The van der Waals surface area contributed by atoms with Crippen molar-refractivity contribution in [1.29, 1.82) is 0 Å². The summed E-state index contributed by atoms with van der Waals surface area (Å²) in [5, 5.41) is 2.59. The van der Waals surface area contributed by atoms with E-state index in [4.69, 9.17) is 5.73 Å². The van der Waals surface area contributed by atoms with E-state index in [0.29, 0.717) is 23.6 Å². The van der Waals surface area contributed by atoms with Crippen molar-refractivity contribution in [2.24, 2.45) is 0 Å². The van der Waals surface area contributed by atoms with Crippen LogP contribution >= 0.6 is 0 Å². The van der Waals surface area contributed by atoms with Gasteiger partial charge in [0.2, 0.25) is 5.95 Å². The molecule has 4 heterocycles. The molecule has 0 spiro atoms. The summed E-state index contributed by atoms with van der Waals surface area (Å²) in [7, 11) is 0. The molecule has 0 aliphatic carbocycles. The Morgan fingerprint density at radius 2 is 2.00 bits per heavy atom. The highest BCUT2D eigenvalue weighted by atomic mass is 19.1. The van der Waals surface area contributed by atoms with Crippen molar-refractivity contribution in [2.75, 3.05) is 17.6 Å². The van der Waals surface area contributed by atoms with Gasteiger partial charge >= 0.3 is 0 Å². The normalized spacial score (nSPS) is 14.9. The number of likely N-dealkylation sites (tertiary alicyclic amines) is 1. The molecule has 1 fully saturated rings. The van der Waals surface area contributed by atoms with Crippen LogP contribution in [-0.4, -0.2) is 37.6 Å². The van der Waals surface area contributed by atoms with Gasteiger partial charge in [-0.25, -0.2) is 14.4 Å². The smallest absolute Gasteiger partial charge is 0.298 e. The molecule has 180 valence electrons. The van der Waals surface area contributed by atoms with Gasteiger partial charge in [0.05, 0.1) is 22.8 Å². The van der Waals surface area contributed by atoms with Gasteiger partial charge in [0, 0.05) is 30.1 Å². The molecule has 5 rings (SSSR count). The molecule has 3 aromatic heterocycles. The van der Waals surface area contributed by atoms with Crippen LogP contribution in [0.3, 0.4) is 0 Å². The largest absolute Gasteiger partial charge is 0.369 e. The Labute approximate surface area is 207 Å². The molecular weight excluding hydrogens is 459 g/mol. The summed E-state index contributed by atoms with van der Waals surface area (Å²) in [4.78, 5) is 35.2. The fourth-order valence-corrected chi connectivity index (χ4v) is 4.67. The van der Waals surface area contributed by atoms with Crippen molar-refractivity contribution >= 4 is 29.1 Å². The molecule has 1 aromatic carbocycles. The number of nitrogens with one attached hydrogen (secondary N) is 1. The van der Waals surface area contributed by atoms with Gasteiger partial charge < -0.3 is 16.0 Å². The van der Waals surface area contributed by atoms with Crippen molar-refractivity contribution in [1.82, 2.24) is 19.3 Å². The summed E-state index contributed by atoms with van der Waals surface area (Å²) in [5.74, 6) is 4.35. The zero-order chi connectivity index (χ0) is 25.2. The maximum absolute atomic E-state index is 15.1. The van der Waals surface area contributed by atoms with Crippen LogP contribution in [0.2, 0.25) is 0 Å². The number of pyridine rings is 1. The Morgan fingerprint density at radius 3 is 2.75 bits per heavy atom. The van der Waals surface area contributed by atoms with Gasteiger partial charge in [-0.15, -0.1) is 0 Å². The molecule has 3 N–H and O–H groups in total. The van der Waals surface area contributed by atoms with Gasteiger partial charge in [-0.3, -0.25) is 14.0 Å². The van der Waals surface area contributed by atoms with Gasteiger partial charge in [-0.2, -0.15) is 0 Å². The SMILES string of the molecule is CC#CC(=O)N1CCCC1c1cc(-c2ccc(C(=O)Nc3ccccn3)c(F)c2)n2c(N)nccc12. The number of amides is 2. The molecule has 2 amide bonds. The topological polar surface area (TPSA) is 106 Å². The third-order valence-electron chi connectivity index (χ3n) is 6.26. The number of anilines is 2. The minimum atomic E-state index is -0.684. The number of nitrogens with zero attached hydrogens (tertiary/aromatic N) is 4. The lowest BCUT2D eigenvalue weighted by atomic mass is 10.0. The molecule has 36 heavy (non-hydrogen) atoms. The Kier molecular flexibility index (Phi) is 6.09. The molecule has 9 heteroatoms. The summed E-state index contributed by atoms with van der Waals surface area (Å²) in [6.07, 6.45) is 4.77. The number of rotatable bonds is 4. The van der Waals surface area contributed by atoms with Crippen LogP contribution in [0.1, 0.15) is 41.7 Å². The van der Waals surface area contributed by atoms with Crippen LogP contribution in [-0.2, 0) is 4.79 Å². The maximum atomic E-state index is 15.1. The summed E-state index contributed by atoms with van der Waals surface area (Å²) in [6.45, 7) is 2.25. The summed E-state index contributed by atoms with van der Waals surface area (Å²) in [6, 6.07) is 13.0. The van der Waals surface area contributed by atoms with E-state index in [0.717, 1.165) is 23.9 Å². The van der Waals surface area contributed by atoms with E-state index >= 15 is 4.39 Å². The molecule has 1 saturated heterocycles. The lowest BCUT2D eigenvalue weighted by Gasteiger charge is -2.22. The van der Waals surface area contributed by atoms with Gasteiger partial charge in [0.25, 0.3) is 11.8 Å². The second kappa shape index (κ2) is 9.50. The van der Waals surface area contributed by atoms with Crippen LogP contribution < -0.4 is 11.1 Å².